The van der Waals surface area contributed by atoms with E-state index in [-0.39, 0.29) is 61.2 Å². The molecule has 3 nitrogen and oxygen atoms in total. The number of allylic oxidation sites excluding steroid dienone is 2. The van der Waals surface area contributed by atoms with Gasteiger partial charge >= 0.3 is 0 Å². The number of hydrogen-bond acceptors (Lipinski definition) is 3. The predicted octanol–water partition coefficient (Wildman–Crippen LogP) is 7.04. The summed E-state index contributed by atoms with van der Waals surface area (Å²) in [7, 11) is 0. The predicted molar refractivity (Wildman–Crippen MR) is 131 cm³/mol. The molecule has 1 N–H and O–H groups in total. The van der Waals surface area contributed by atoms with Crippen LogP contribution in [0.4, 0.5) is 0 Å². The molecule has 33 heavy (non-hydrogen) atoms. The summed E-state index contributed by atoms with van der Waals surface area (Å²) in [5.74, 6) is -0.0625. The van der Waals surface area contributed by atoms with Crippen LogP contribution >= 0.6 is 0 Å². The molecule has 1 aliphatic rings. The Morgan fingerprint density at radius 3 is 2.48 bits per heavy atom. The van der Waals surface area contributed by atoms with E-state index in [1.54, 1.807) is 0 Å². The van der Waals surface area contributed by atoms with Gasteiger partial charge in [0, 0.05) is 39.7 Å². The minimum absolute atomic E-state index is 0. The fourth-order valence-electron chi connectivity index (χ4n) is 4.32. The van der Waals surface area contributed by atoms with E-state index in [1.165, 1.54) is 25.5 Å². The third kappa shape index (κ3) is 4.68. The third-order valence-electron chi connectivity index (χ3n) is 5.54. The smallest absolute Gasteiger partial charge is 0.155 e. The molecule has 4 heteroatoms. The maximum Gasteiger partial charge on any atom is 0.155 e. The van der Waals surface area contributed by atoms with Crippen LogP contribution in [-0.2, 0) is 30.3 Å². The fraction of sp³-hybridized carbons (Fsp3) is 0.172. The van der Waals surface area contributed by atoms with E-state index >= 15 is 0 Å². The van der Waals surface area contributed by atoms with E-state index in [2.05, 4.69) is 38.1 Å². The molecule has 1 heterocycles. The molecule has 5 rings (SSSR count). The van der Waals surface area contributed by atoms with Crippen LogP contribution < -0.4 is 0 Å². The third-order valence-corrected chi connectivity index (χ3v) is 5.54. The van der Waals surface area contributed by atoms with Crippen molar-refractivity contribution in [2.75, 3.05) is 0 Å². The SMILES string of the molecule is CC(=O)/C=C(/C)O.[2H]c1[c-]c(-c2nc3ccccc3c3c2C(C)(C)c2ccccc2-3)c([2H])c([2H])c1[2H].[Ir]. The number of pyridine rings is 1. The summed E-state index contributed by atoms with van der Waals surface area (Å²) in [5, 5.41) is 9.41. The van der Waals surface area contributed by atoms with Gasteiger partial charge in [-0.1, -0.05) is 56.3 Å². The van der Waals surface area contributed by atoms with Gasteiger partial charge in [0.15, 0.2) is 5.78 Å². The van der Waals surface area contributed by atoms with Crippen LogP contribution in [0, 0.1) is 6.07 Å². The van der Waals surface area contributed by atoms with Crippen molar-refractivity contribution in [1.29, 1.82) is 0 Å². The molecule has 4 aromatic rings. The molecular weight excluding hydrogens is 587 g/mol. The number of para-hydroxylation sites is 1. The quantitative estimate of drug-likeness (QED) is 0.149. The number of fused-ring (bicyclic) bond motifs is 5. The maximum absolute atomic E-state index is 10.0. The average molecular weight is 617 g/mol. The van der Waals surface area contributed by atoms with E-state index in [0.717, 1.165) is 27.6 Å². The molecule has 0 saturated carbocycles. The number of aliphatic hydroxyl groups excluding tert-OH is 1. The summed E-state index contributed by atoms with van der Waals surface area (Å²) in [4.78, 5) is 14.9. The fourth-order valence-corrected chi connectivity index (χ4v) is 4.32. The Labute approximate surface area is 214 Å². The van der Waals surface area contributed by atoms with Gasteiger partial charge < -0.3 is 5.11 Å². The van der Waals surface area contributed by atoms with Crippen molar-refractivity contribution in [1.82, 2.24) is 4.98 Å². The van der Waals surface area contributed by atoms with Crippen molar-refractivity contribution in [3.05, 3.63) is 102 Å². The Kier molecular flexibility index (Phi) is 5.78. The summed E-state index contributed by atoms with van der Waals surface area (Å²) in [6.07, 6.45) is 1.17. The molecule has 0 fully saturated rings. The van der Waals surface area contributed by atoms with Crippen LogP contribution in [0.1, 0.15) is 44.3 Å². The molecule has 3 aromatic carbocycles. The van der Waals surface area contributed by atoms with Crippen LogP contribution in [0.15, 0.2) is 84.5 Å². The van der Waals surface area contributed by atoms with Gasteiger partial charge in [0.05, 0.1) is 11.3 Å². The van der Waals surface area contributed by atoms with Gasteiger partial charge in [-0.15, -0.1) is 35.8 Å². The van der Waals surface area contributed by atoms with E-state index in [4.69, 9.17) is 15.6 Å². The van der Waals surface area contributed by atoms with Gasteiger partial charge in [0.25, 0.3) is 0 Å². The summed E-state index contributed by atoms with van der Waals surface area (Å²) < 4.78 is 32.5. The van der Waals surface area contributed by atoms with Crippen molar-refractivity contribution in [3.8, 4) is 22.4 Å². The first kappa shape index (κ1) is 19.4. The van der Waals surface area contributed by atoms with Crippen LogP contribution in [0.5, 0.6) is 0 Å². The Balaban J connectivity index is 0.000000422. The zero-order valence-electron chi connectivity index (χ0n) is 22.8. The number of benzene rings is 3. The Morgan fingerprint density at radius 2 is 1.79 bits per heavy atom. The van der Waals surface area contributed by atoms with Gasteiger partial charge in [-0.05, 0) is 50.6 Å². The molecule has 0 bridgehead atoms. The second kappa shape index (κ2) is 9.82. The molecule has 1 aromatic heterocycles. The zero-order valence-corrected chi connectivity index (χ0v) is 21.2. The van der Waals surface area contributed by atoms with E-state index in [1.807, 2.05) is 30.3 Å². The van der Waals surface area contributed by atoms with E-state index < -0.39 is 0 Å². The summed E-state index contributed by atoms with van der Waals surface area (Å²) >= 11 is 0. The number of aromatic nitrogens is 1. The number of carbonyl (C=O) groups excluding carboxylic acids is 1. The average Bonchev–Trinajstić information content (AvgIpc) is 3.07. The molecule has 1 aliphatic carbocycles. The van der Waals surface area contributed by atoms with Crippen LogP contribution in [0.2, 0.25) is 0 Å². The van der Waals surface area contributed by atoms with Gasteiger partial charge in [-0.25, -0.2) is 0 Å². The van der Waals surface area contributed by atoms with Crippen molar-refractivity contribution in [3.63, 3.8) is 0 Å². The molecular formula is C29H26IrNO2-. The summed E-state index contributed by atoms with van der Waals surface area (Å²) in [6.45, 7) is 7.13. The van der Waals surface area contributed by atoms with Gasteiger partial charge in [0.1, 0.15) is 0 Å². The second-order valence-corrected chi connectivity index (χ2v) is 8.29. The second-order valence-electron chi connectivity index (χ2n) is 8.29. The molecule has 1 radical (unpaired) electrons. The van der Waals surface area contributed by atoms with Crippen molar-refractivity contribution >= 4 is 16.7 Å². The minimum atomic E-state index is -0.359. The van der Waals surface area contributed by atoms with Gasteiger partial charge in [-0.3, -0.25) is 9.78 Å². The largest absolute Gasteiger partial charge is 0.512 e. The van der Waals surface area contributed by atoms with Crippen molar-refractivity contribution in [2.45, 2.75) is 33.1 Å². The number of hydrogen-bond donors (Lipinski definition) is 1. The van der Waals surface area contributed by atoms with Gasteiger partial charge in [-0.2, -0.15) is 0 Å². The normalized spacial score (nSPS) is 15.0. The number of aliphatic hydroxyl groups is 1. The zero-order chi connectivity index (χ0) is 26.4. The number of carbonyl (C=O) groups is 1. The van der Waals surface area contributed by atoms with Crippen LogP contribution in [-0.4, -0.2) is 15.9 Å². The van der Waals surface area contributed by atoms with Crippen molar-refractivity contribution < 1.29 is 35.5 Å². The molecule has 0 aliphatic heterocycles. The molecule has 0 unspecified atom stereocenters. The Morgan fingerprint density at radius 1 is 1.09 bits per heavy atom. The van der Waals surface area contributed by atoms with Crippen LogP contribution in [0.25, 0.3) is 33.3 Å². The number of ketones is 1. The maximum atomic E-state index is 10.0. The van der Waals surface area contributed by atoms with Crippen LogP contribution in [0.3, 0.4) is 0 Å². The molecule has 0 amide bonds. The number of nitrogens with zero attached hydrogens (tertiary/aromatic N) is 1. The first-order chi connectivity index (χ1) is 16.9. The minimum Gasteiger partial charge on any atom is -0.512 e. The summed E-state index contributed by atoms with van der Waals surface area (Å²) in [5.41, 5.74) is 5.75. The Hall–Kier alpha value is -3.07. The topological polar surface area (TPSA) is 50.2 Å². The summed E-state index contributed by atoms with van der Waals surface area (Å²) in [6, 6.07) is 18.3. The number of rotatable bonds is 2. The van der Waals surface area contributed by atoms with Gasteiger partial charge in [0.2, 0.25) is 0 Å². The standard InChI is InChI=1S/C24H18N.C5H8O2.Ir/c1-24(2)19-14-8-6-12-17(19)21-18-13-7-9-15-20(18)25-23(22(21)24)16-10-4-3-5-11-16;1-4(6)3-5(2)7;/h3-10,12-15H,1-2H3;3,6H,1-2H3;/q-1;;/b;4-3-;/i3D,4D,5D,10D;;. The van der Waals surface area contributed by atoms with E-state index in [9.17, 15) is 4.79 Å². The van der Waals surface area contributed by atoms with Crippen molar-refractivity contribution in [2.24, 2.45) is 0 Å². The molecule has 169 valence electrons. The molecule has 0 spiro atoms. The molecule has 0 saturated heterocycles. The molecule has 0 atom stereocenters. The first-order valence-electron chi connectivity index (χ1n) is 12.4. The monoisotopic (exact) mass is 617 g/mol. The first-order valence-corrected chi connectivity index (χ1v) is 10.4. The Bertz CT molecular complexity index is 1560. The van der Waals surface area contributed by atoms with E-state index in [0.29, 0.717) is 11.3 Å².